The van der Waals surface area contributed by atoms with Crippen molar-refractivity contribution in [1.29, 1.82) is 0 Å². The van der Waals surface area contributed by atoms with E-state index in [2.05, 4.69) is 17.2 Å². The summed E-state index contributed by atoms with van der Waals surface area (Å²) in [6, 6.07) is 19.6. The molecule has 0 aliphatic heterocycles. The second kappa shape index (κ2) is 8.45. The highest BCUT2D eigenvalue weighted by molar-refractivity contribution is 5.91. The normalized spacial score (nSPS) is 13.2. The van der Waals surface area contributed by atoms with Crippen LogP contribution in [0.25, 0.3) is 0 Å². The summed E-state index contributed by atoms with van der Waals surface area (Å²) in [4.78, 5) is 16.6. The minimum Gasteiger partial charge on any atom is -0.446 e. The van der Waals surface area contributed by atoms with Gasteiger partial charge in [-0.2, -0.15) is 0 Å². The molecule has 0 saturated heterocycles. The molecule has 1 heterocycles. The first-order valence-electron chi connectivity index (χ1n) is 8.71. The highest BCUT2D eigenvalue weighted by Gasteiger charge is 2.18. The van der Waals surface area contributed by atoms with Gasteiger partial charge in [0.05, 0.1) is 6.04 Å². The molecule has 3 rings (SSSR count). The number of nitrogens with zero attached hydrogens (tertiary/aromatic N) is 1. The van der Waals surface area contributed by atoms with E-state index in [-0.39, 0.29) is 23.6 Å². The lowest BCUT2D eigenvalue weighted by atomic mass is 10.0. The van der Waals surface area contributed by atoms with Crippen molar-refractivity contribution >= 4 is 5.91 Å². The molecule has 1 amide bonds. The van der Waals surface area contributed by atoms with Crippen molar-refractivity contribution in [2.75, 3.05) is 6.54 Å². The third kappa shape index (κ3) is 4.58. The van der Waals surface area contributed by atoms with E-state index in [9.17, 15) is 4.79 Å². The summed E-state index contributed by atoms with van der Waals surface area (Å²) >= 11 is 0. The lowest BCUT2D eigenvalue weighted by molar-refractivity contribution is 0.0946. The van der Waals surface area contributed by atoms with E-state index < -0.39 is 0 Å². The average Bonchev–Trinajstić information content (AvgIpc) is 3.18. The molecular weight excluding hydrogens is 326 g/mol. The molecule has 0 aliphatic rings. The van der Waals surface area contributed by atoms with Crippen molar-refractivity contribution in [3.63, 3.8) is 0 Å². The van der Waals surface area contributed by atoms with Gasteiger partial charge in [0.25, 0.3) is 5.91 Å². The highest BCUT2D eigenvalue weighted by atomic mass is 16.3. The van der Waals surface area contributed by atoms with Gasteiger partial charge >= 0.3 is 0 Å². The van der Waals surface area contributed by atoms with Crippen molar-refractivity contribution in [3.05, 3.63) is 89.6 Å². The van der Waals surface area contributed by atoms with Crippen LogP contribution in [0.3, 0.4) is 0 Å². The number of hydrogen-bond donors (Lipinski definition) is 2. The molecule has 0 fully saturated rings. The van der Waals surface area contributed by atoms with Gasteiger partial charge in [0, 0.05) is 6.54 Å². The molecule has 0 aliphatic carbocycles. The van der Waals surface area contributed by atoms with Crippen molar-refractivity contribution < 1.29 is 9.21 Å². The van der Waals surface area contributed by atoms with Gasteiger partial charge < -0.3 is 15.5 Å². The number of benzene rings is 2. The Kier molecular flexibility index (Phi) is 5.81. The quantitative estimate of drug-likeness (QED) is 0.684. The molecule has 2 unspecified atom stereocenters. The van der Waals surface area contributed by atoms with E-state index in [1.165, 1.54) is 11.8 Å². The Balaban J connectivity index is 1.56. The Bertz CT molecular complexity index is 831. The van der Waals surface area contributed by atoms with E-state index >= 15 is 0 Å². The number of rotatable bonds is 7. The molecule has 26 heavy (non-hydrogen) atoms. The van der Waals surface area contributed by atoms with E-state index in [4.69, 9.17) is 10.2 Å². The van der Waals surface area contributed by atoms with Crippen LogP contribution in [0.4, 0.5) is 0 Å². The van der Waals surface area contributed by atoms with Crippen LogP contribution in [0.15, 0.2) is 71.3 Å². The first-order valence-corrected chi connectivity index (χ1v) is 8.71. The summed E-state index contributed by atoms with van der Waals surface area (Å²) in [5.74, 6) is 0.330. The Morgan fingerprint density at radius 1 is 1.12 bits per heavy atom. The van der Waals surface area contributed by atoms with Crippen molar-refractivity contribution in [3.8, 4) is 0 Å². The molecule has 0 spiro atoms. The molecule has 2 atom stereocenters. The molecule has 1 aromatic heterocycles. The predicted molar refractivity (Wildman–Crippen MR) is 101 cm³/mol. The van der Waals surface area contributed by atoms with Gasteiger partial charge in [0.15, 0.2) is 5.69 Å². The second-order valence-electron chi connectivity index (χ2n) is 6.39. The van der Waals surface area contributed by atoms with Gasteiger partial charge in [-0.3, -0.25) is 4.79 Å². The topological polar surface area (TPSA) is 81.2 Å². The fourth-order valence-electron chi connectivity index (χ4n) is 2.75. The maximum atomic E-state index is 12.3. The van der Waals surface area contributed by atoms with Crippen LogP contribution in [-0.4, -0.2) is 17.4 Å². The summed E-state index contributed by atoms with van der Waals surface area (Å²) in [5.41, 5.74) is 8.68. The molecule has 0 radical (unpaired) electrons. The molecule has 5 heteroatoms. The third-order valence-electron chi connectivity index (χ3n) is 4.31. The summed E-state index contributed by atoms with van der Waals surface area (Å²) in [6.07, 6.45) is 1.97. The summed E-state index contributed by atoms with van der Waals surface area (Å²) in [5, 5.41) is 2.90. The van der Waals surface area contributed by atoms with Gasteiger partial charge in [-0.15, -0.1) is 0 Å². The number of carbonyl (C=O) groups is 1. The van der Waals surface area contributed by atoms with Gasteiger partial charge in [0.1, 0.15) is 6.26 Å². The monoisotopic (exact) mass is 349 g/mol. The maximum absolute atomic E-state index is 12.3. The van der Waals surface area contributed by atoms with Gasteiger partial charge in [0.2, 0.25) is 5.89 Å². The van der Waals surface area contributed by atoms with Crippen molar-refractivity contribution in [2.24, 2.45) is 5.73 Å². The smallest absolute Gasteiger partial charge is 0.273 e. The van der Waals surface area contributed by atoms with Crippen LogP contribution in [0.2, 0.25) is 0 Å². The fraction of sp³-hybridized carbons (Fsp3) is 0.238. The van der Waals surface area contributed by atoms with E-state index in [0.29, 0.717) is 18.9 Å². The zero-order valence-electron chi connectivity index (χ0n) is 14.8. The zero-order chi connectivity index (χ0) is 18.4. The summed E-state index contributed by atoms with van der Waals surface area (Å²) < 4.78 is 5.41. The van der Waals surface area contributed by atoms with Crippen molar-refractivity contribution in [2.45, 2.75) is 25.3 Å². The maximum Gasteiger partial charge on any atom is 0.273 e. The average molecular weight is 349 g/mol. The lowest BCUT2D eigenvalue weighted by Crippen LogP contribution is -2.28. The highest BCUT2D eigenvalue weighted by Crippen LogP contribution is 2.16. The van der Waals surface area contributed by atoms with Gasteiger partial charge in [-0.25, -0.2) is 4.98 Å². The molecule has 3 aromatic rings. The minimum absolute atomic E-state index is 0.215. The van der Waals surface area contributed by atoms with E-state index in [1.54, 1.807) is 0 Å². The summed E-state index contributed by atoms with van der Waals surface area (Å²) in [6.45, 7) is 2.60. The number of aromatic nitrogens is 1. The molecule has 5 nitrogen and oxygen atoms in total. The number of oxazole rings is 1. The van der Waals surface area contributed by atoms with Crippen LogP contribution in [0.5, 0.6) is 0 Å². The third-order valence-corrected chi connectivity index (χ3v) is 4.31. The Morgan fingerprint density at radius 3 is 2.46 bits per heavy atom. The van der Waals surface area contributed by atoms with Crippen LogP contribution in [0, 0.1) is 0 Å². The SMILES string of the molecule is CC(CNC(=O)c1coc(C(N)Cc2ccccc2)n1)c1ccccc1. The van der Waals surface area contributed by atoms with Gasteiger partial charge in [-0.05, 0) is 23.5 Å². The Labute approximate surface area is 153 Å². The van der Waals surface area contributed by atoms with Crippen LogP contribution < -0.4 is 11.1 Å². The van der Waals surface area contributed by atoms with Crippen molar-refractivity contribution in [1.82, 2.24) is 10.3 Å². The molecule has 2 aromatic carbocycles. The van der Waals surface area contributed by atoms with Crippen LogP contribution in [0.1, 0.15) is 46.4 Å². The lowest BCUT2D eigenvalue weighted by Gasteiger charge is -2.12. The Hall–Kier alpha value is -2.92. The molecule has 134 valence electrons. The molecular formula is C21H23N3O2. The largest absolute Gasteiger partial charge is 0.446 e. The van der Waals surface area contributed by atoms with Gasteiger partial charge in [-0.1, -0.05) is 67.6 Å². The Morgan fingerprint density at radius 2 is 1.77 bits per heavy atom. The number of nitrogens with one attached hydrogen (secondary N) is 1. The fourth-order valence-corrected chi connectivity index (χ4v) is 2.75. The standard InChI is InChI=1S/C21H23N3O2/c1-15(17-10-6-3-7-11-17)13-23-20(25)19-14-26-21(24-19)18(22)12-16-8-4-2-5-9-16/h2-11,14-15,18H,12-13,22H2,1H3,(H,23,25). The second-order valence-corrected chi connectivity index (χ2v) is 6.39. The minimum atomic E-state index is -0.387. The number of carbonyl (C=O) groups excluding carboxylic acids is 1. The molecule has 3 N–H and O–H groups in total. The zero-order valence-corrected chi connectivity index (χ0v) is 14.8. The summed E-state index contributed by atoms with van der Waals surface area (Å²) in [7, 11) is 0. The number of hydrogen-bond acceptors (Lipinski definition) is 4. The first kappa shape index (κ1) is 17.9. The van der Waals surface area contributed by atoms with E-state index in [0.717, 1.165) is 5.56 Å². The number of amides is 1. The first-order chi connectivity index (χ1) is 12.6. The molecule has 0 saturated carbocycles. The van der Waals surface area contributed by atoms with Crippen LogP contribution >= 0.6 is 0 Å². The number of nitrogens with two attached hydrogens (primary N) is 1. The van der Waals surface area contributed by atoms with Crippen LogP contribution in [-0.2, 0) is 6.42 Å². The predicted octanol–water partition coefficient (Wildman–Crippen LogP) is 3.45. The molecule has 0 bridgehead atoms. The van der Waals surface area contributed by atoms with E-state index in [1.807, 2.05) is 60.7 Å².